The van der Waals surface area contributed by atoms with Crippen LogP contribution in [0.3, 0.4) is 0 Å². The van der Waals surface area contributed by atoms with Gasteiger partial charge in [0, 0.05) is 35.8 Å². The number of aromatic nitrogens is 1. The van der Waals surface area contributed by atoms with Crippen LogP contribution in [-0.2, 0) is 10.0 Å². The number of nitrogens with zero attached hydrogens (tertiary/aromatic N) is 2. The molecule has 1 fully saturated rings. The Balaban J connectivity index is 1.55. The van der Waals surface area contributed by atoms with Gasteiger partial charge in [-0.15, -0.1) is 0 Å². The van der Waals surface area contributed by atoms with E-state index in [2.05, 4.69) is 0 Å². The second kappa shape index (κ2) is 7.37. The lowest BCUT2D eigenvalue weighted by Crippen LogP contribution is -2.53. The van der Waals surface area contributed by atoms with Crippen molar-refractivity contribution in [2.45, 2.75) is 11.0 Å². The van der Waals surface area contributed by atoms with Crippen LogP contribution < -0.4 is 0 Å². The van der Waals surface area contributed by atoms with E-state index >= 15 is 0 Å². The van der Waals surface area contributed by atoms with E-state index in [1.165, 1.54) is 33.1 Å². The summed E-state index contributed by atoms with van der Waals surface area (Å²) in [6, 6.07) is 23.0. The summed E-state index contributed by atoms with van der Waals surface area (Å²) < 4.78 is 28.2. The summed E-state index contributed by atoms with van der Waals surface area (Å²) in [6.45, 7) is 0.604. The molecule has 6 nitrogen and oxygen atoms in total. The van der Waals surface area contributed by atoms with Crippen molar-refractivity contribution in [2.75, 3.05) is 13.1 Å². The predicted octanol–water partition coefficient (Wildman–Crippen LogP) is 3.36. The second-order valence-corrected chi connectivity index (χ2v) is 9.43. The fourth-order valence-corrected chi connectivity index (χ4v) is 5.25. The molecule has 7 heteroatoms. The fourth-order valence-electron chi connectivity index (χ4n) is 3.88. The molecule has 0 bridgehead atoms. The zero-order valence-electron chi connectivity index (χ0n) is 16.5. The number of aliphatic hydroxyl groups excluding tert-OH is 1. The highest BCUT2D eigenvalue weighted by atomic mass is 32.2. The van der Waals surface area contributed by atoms with Crippen molar-refractivity contribution in [1.29, 1.82) is 0 Å². The summed E-state index contributed by atoms with van der Waals surface area (Å²) in [4.78, 5) is 14.0. The van der Waals surface area contributed by atoms with Gasteiger partial charge in [-0.1, -0.05) is 48.5 Å². The lowest BCUT2D eigenvalue weighted by molar-refractivity contribution is 0.00589. The minimum atomic E-state index is -3.86. The second-order valence-electron chi connectivity index (χ2n) is 7.62. The van der Waals surface area contributed by atoms with Crippen LogP contribution >= 0.6 is 0 Å². The van der Waals surface area contributed by atoms with Crippen molar-refractivity contribution >= 4 is 26.8 Å². The predicted molar refractivity (Wildman–Crippen MR) is 118 cm³/mol. The molecule has 5 rings (SSSR count). The third kappa shape index (κ3) is 3.32. The summed E-state index contributed by atoms with van der Waals surface area (Å²) in [5.41, 5.74) is 2.76. The number of para-hydroxylation sites is 1. The van der Waals surface area contributed by atoms with E-state index in [-0.39, 0.29) is 10.8 Å². The van der Waals surface area contributed by atoms with Crippen LogP contribution in [0.15, 0.2) is 90.0 Å². The van der Waals surface area contributed by atoms with Crippen LogP contribution in [-0.4, -0.2) is 47.5 Å². The first-order valence-electron chi connectivity index (χ1n) is 9.93. The number of carbonyl (C=O) groups is 1. The van der Waals surface area contributed by atoms with Crippen molar-refractivity contribution in [3.63, 3.8) is 0 Å². The van der Waals surface area contributed by atoms with E-state index in [1.807, 2.05) is 48.5 Å². The maximum Gasteiger partial charge on any atom is 0.268 e. The van der Waals surface area contributed by atoms with Gasteiger partial charge < -0.3 is 10.0 Å². The number of hydrogen-bond donors (Lipinski definition) is 1. The topological polar surface area (TPSA) is 79.6 Å². The number of rotatable bonds is 4. The Hall–Kier alpha value is -3.42. The number of hydrogen-bond acceptors (Lipinski definition) is 4. The van der Waals surface area contributed by atoms with Crippen molar-refractivity contribution in [1.82, 2.24) is 8.87 Å². The van der Waals surface area contributed by atoms with Gasteiger partial charge in [0.05, 0.1) is 16.5 Å². The molecule has 3 aromatic carbocycles. The van der Waals surface area contributed by atoms with Gasteiger partial charge >= 0.3 is 0 Å². The van der Waals surface area contributed by atoms with E-state index in [0.717, 1.165) is 16.5 Å². The summed E-state index contributed by atoms with van der Waals surface area (Å²) in [5, 5.41) is 10.2. The lowest BCUT2D eigenvalue weighted by atomic mass is 10.1. The average molecular weight is 433 g/mol. The molecule has 0 radical (unpaired) electrons. The van der Waals surface area contributed by atoms with Crippen molar-refractivity contribution in [3.05, 3.63) is 90.6 Å². The van der Waals surface area contributed by atoms with Gasteiger partial charge in [-0.3, -0.25) is 4.79 Å². The van der Waals surface area contributed by atoms with Gasteiger partial charge in [0.15, 0.2) is 0 Å². The van der Waals surface area contributed by atoms with Crippen molar-refractivity contribution in [2.24, 2.45) is 0 Å². The molecular formula is C24H20N2O4S. The Morgan fingerprint density at radius 3 is 2.19 bits per heavy atom. The van der Waals surface area contributed by atoms with Gasteiger partial charge in [-0.05, 0) is 35.9 Å². The minimum absolute atomic E-state index is 0.105. The molecular weight excluding hydrogens is 412 g/mol. The lowest BCUT2D eigenvalue weighted by Gasteiger charge is -2.35. The van der Waals surface area contributed by atoms with Crippen LogP contribution in [0.2, 0.25) is 0 Å². The van der Waals surface area contributed by atoms with Crippen LogP contribution in [0, 0.1) is 0 Å². The smallest absolute Gasteiger partial charge is 0.268 e. The van der Waals surface area contributed by atoms with Crippen LogP contribution in [0.25, 0.3) is 22.0 Å². The largest absolute Gasteiger partial charge is 0.389 e. The molecule has 4 aromatic rings. The number of fused-ring (bicyclic) bond motifs is 1. The van der Waals surface area contributed by atoms with E-state index in [0.29, 0.717) is 24.2 Å². The molecule has 2 heterocycles. The van der Waals surface area contributed by atoms with Crippen molar-refractivity contribution < 1.29 is 18.3 Å². The summed E-state index contributed by atoms with van der Waals surface area (Å²) in [6.07, 6.45) is 1.17. The Morgan fingerprint density at radius 1 is 0.871 bits per heavy atom. The zero-order valence-corrected chi connectivity index (χ0v) is 17.4. The Labute approximate surface area is 180 Å². The number of aliphatic hydroxyl groups is 1. The highest BCUT2D eigenvalue weighted by molar-refractivity contribution is 7.90. The normalized spacial score (nSPS) is 14.5. The first-order chi connectivity index (χ1) is 14.9. The minimum Gasteiger partial charge on any atom is -0.389 e. The number of likely N-dealkylation sites (tertiary alicyclic amines) is 1. The van der Waals surface area contributed by atoms with Crippen LogP contribution in [0.4, 0.5) is 0 Å². The van der Waals surface area contributed by atoms with Crippen LogP contribution in [0.1, 0.15) is 10.4 Å². The third-order valence-electron chi connectivity index (χ3n) is 5.57. The highest BCUT2D eigenvalue weighted by Gasteiger charge is 2.30. The standard InChI is InChI=1S/C24H20N2O4S/c27-19-14-25(15-19)24(28)18-10-12-20(13-11-18)31(29,30)26-16-22(17-6-2-1-3-7-17)21-8-4-5-9-23(21)26/h1-13,16,19,27H,14-15H2. The Bertz CT molecular complexity index is 1370. The molecule has 1 N–H and O–H groups in total. The van der Waals surface area contributed by atoms with Gasteiger partial charge in [0.2, 0.25) is 0 Å². The molecule has 156 valence electrons. The monoisotopic (exact) mass is 432 g/mol. The Kier molecular flexibility index (Phi) is 4.64. The summed E-state index contributed by atoms with van der Waals surface area (Å²) in [7, 11) is -3.86. The SMILES string of the molecule is O=C(c1ccc(S(=O)(=O)n2cc(-c3ccccc3)c3ccccc32)cc1)N1CC(O)C1. The first-order valence-corrected chi connectivity index (χ1v) is 11.4. The molecule has 0 atom stereocenters. The molecule has 1 saturated heterocycles. The first kappa shape index (κ1) is 19.5. The summed E-state index contributed by atoms with van der Waals surface area (Å²) in [5.74, 6) is -0.216. The zero-order chi connectivity index (χ0) is 21.6. The molecule has 31 heavy (non-hydrogen) atoms. The summed E-state index contributed by atoms with van der Waals surface area (Å²) >= 11 is 0. The number of β-amino-alcohol motifs (C(OH)–C–C–N with tert-alkyl or cyclic N) is 1. The molecule has 0 unspecified atom stereocenters. The molecule has 1 aromatic heterocycles. The van der Waals surface area contributed by atoms with E-state index < -0.39 is 16.1 Å². The highest BCUT2D eigenvalue weighted by Crippen LogP contribution is 2.33. The number of benzene rings is 3. The maximum absolute atomic E-state index is 13.5. The molecule has 0 saturated carbocycles. The maximum atomic E-state index is 13.5. The van der Waals surface area contributed by atoms with Crippen LogP contribution in [0.5, 0.6) is 0 Å². The quantitative estimate of drug-likeness (QED) is 0.536. The Morgan fingerprint density at radius 2 is 1.52 bits per heavy atom. The average Bonchev–Trinajstić information content (AvgIpc) is 3.18. The van der Waals surface area contributed by atoms with Gasteiger partial charge in [-0.2, -0.15) is 0 Å². The third-order valence-corrected chi connectivity index (χ3v) is 7.26. The van der Waals surface area contributed by atoms with E-state index in [4.69, 9.17) is 0 Å². The molecule has 1 aliphatic rings. The molecule has 0 spiro atoms. The van der Waals surface area contributed by atoms with Gasteiger partial charge in [0.25, 0.3) is 15.9 Å². The van der Waals surface area contributed by atoms with Gasteiger partial charge in [0.1, 0.15) is 0 Å². The molecule has 0 aliphatic carbocycles. The fraction of sp³-hybridized carbons (Fsp3) is 0.125. The van der Waals surface area contributed by atoms with Crippen molar-refractivity contribution in [3.8, 4) is 11.1 Å². The van der Waals surface area contributed by atoms with E-state index in [9.17, 15) is 18.3 Å². The van der Waals surface area contributed by atoms with Gasteiger partial charge in [-0.25, -0.2) is 12.4 Å². The number of amides is 1. The number of carbonyl (C=O) groups excluding carboxylic acids is 1. The van der Waals surface area contributed by atoms with E-state index in [1.54, 1.807) is 12.3 Å². The molecule has 1 amide bonds. The molecule has 1 aliphatic heterocycles.